The second kappa shape index (κ2) is 7.25. The Labute approximate surface area is 144 Å². The molecule has 3 heterocycles. The van der Waals surface area contributed by atoms with Crippen molar-refractivity contribution in [3.63, 3.8) is 0 Å². The van der Waals surface area contributed by atoms with Gasteiger partial charge in [0.15, 0.2) is 0 Å². The maximum absolute atomic E-state index is 12.3. The first-order valence-corrected chi connectivity index (χ1v) is 9.44. The molecule has 0 aromatic carbocycles. The molecule has 1 aliphatic rings. The van der Waals surface area contributed by atoms with E-state index in [0.717, 1.165) is 6.26 Å². The van der Waals surface area contributed by atoms with Gasteiger partial charge in [-0.2, -0.15) is 4.31 Å². The number of amides is 1. The summed E-state index contributed by atoms with van der Waals surface area (Å²) < 4.78 is 31.7. The minimum Gasteiger partial charge on any atom is -0.374 e. The number of rotatable bonds is 5. The number of morpholine rings is 1. The van der Waals surface area contributed by atoms with Gasteiger partial charge in [-0.15, -0.1) is 10.2 Å². The third-order valence-corrected chi connectivity index (χ3v) is 5.02. The summed E-state index contributed by atoms with van der Waals surface area (Å²) in [5.74, 6) is 0.228. The molecule has 3 rings (SSSR count). The molecule has 2 aromatic rings. The molecule has 1 saturated heterocycles. The SMILES string of the molecule is CS(=O)(=O)N1CCO[C@H](CNC(=O)c2ccnc(-n3cnnc3)c2)C1. The zero-order valence-corrected chi connectivity index (χ0v) is 14.4. The lowest BCUT2D eigenvalue weighted by atomic mass is 10.2. The van der Waals surface area contributed by atoms with Gasteiger partial charge in [0.05, 0.1) is 19.0 Å². The van der Waals surface area contributed by atoms with E-state index in [1.807, 2.05) is 0 Å². The largest absolute Gasteiger partial charge is 0.374 e. The van der Waals surface area contributed by atoms with Gasteiger partial charge in [-0.05, 0) is 12.1 Å². The molecule has 11 heteroatoms. The first kappa shape index (κ1) is 17.5. The van der Waals surface area contributed by atoms with Gasteiger partial charge in [-0.1, -0.05) is 0 Å². The van der Waals surface area contributed by atoms with Gasteiger partial charge in [-0.25, -0.2) is 13.4 Å². The van der Waals surface area contributed by atoms with Crippen molar-refractivity contribution < 1.29 is 17.9 Å². The summed E-state index contributed by atoms with van der Waals surface area (Å²) in [6, 6.07) is 3.21. The predicted octanol–water partition coefficient (Wildman–Crippen LogP) is -0.947. The molecule has 0 radical (unpaired) electrons. The van der Waals surface area contributed by atoms with Crippen molar-refractivity contribution in [3.8, 4) is 5.82 Å². The summed E-state index contributed by atoms with van der Waals surface area (Å²) in [6.45, 7) is 1.08. The third kappa shape index (κ3) is 4.38. The van der Waals surface area contributed by atoms with Gasteiger partial charge in [0.2, 0.25) is 10.0 Å². The predicted molar refractivity (Wildman–Crippen MR) is 87.6 cm³/mol. The molecule has 1 N–H and O–H groups in total. The minimum atomic E-state index is -3.26. The van der Waals surface area contributed by atoms with E-state index < -0.39 is 10.0 Å². The van der Waals surface area contributed by atoms with E-state index in [9.17, 15) is 13.2 Å². The highest BCUT2D eigenvalue weighted by Gasteiger charge is 2.26. The highest BCUT2D eigenvalue weighted by Crippen LogP contribution is 2.09. The number of nitrogens with zero attached hydrogens (tertiary/aromatic N) is 5. The van der Waals surface area contributed by atoms with Crippen LogP contribution < -0.4 is 5.32 Å². The van der Waals surface area contributed by atoms with Crippen LogP contribution in [0.25, 0.3) is 5.82 Å². The molecule has 0 spiro atoms. The van der Waals surface area contributed by atoms with Gasteiger partial charge < -0.3 is 10.1 Å². The van der Waals surface area contributed by atoms with E-state index in [4.69, 9.17) is 4.74 Å². The fourth-order valence-corrected chi connectivity index (χ4v) is 3.29. The lowest BCUT2D eigenvalue weighted by Gasteiger charge is -2.31. The van der Waals surface area contributed by atoms with Crippen LogP contribution in [0.2, 0.25) is 0 Å². The van der Waals surface area contributed by atoms with Crippen molar-refractivity contribution in [1.82, 2.24) is 29.4 Å². The first-order chi connectivity index (χ1) is 11.9. The number of aromatic nitrogens is 4. The Morgan fingerprint density at radius 2 is 2.16 bits per heavy atom. The normalized spacial score (nSPS) is 18.8. The number of carbonyl (C=O) groups is 1. The summed E-state index contributed by atoms with van der Waals surface area (Å²) in [7, 11) is -3.26. The molecule has 10 nitrogen and oxygen atoms in total. The van der Waals surface area contributed by atoms with Crippen LogP contribution in [-0.2, 0) is 14.8 Å². The van der Waals surface area contributed by atoms with Crippen molar-refractivity contribution in [1.29, 1.82) is 0 Å². The standard InChI is InChI=1S/C14H18N6O4S/c1-25(22,23)20-4-5-24-12(8-20)7-16-14(21)11-2-3-15-13(6-11)19-9-17-18-10-19/h2-3,6,9-10,12H,4-5,7-8H2,1H3,(H,16,21)/t12-/m1/s1. The van der Waals surface area contributed by atoms with Crippen LogP contribution in [0.4, 0.5) is 0 Å². The maximum atomic E-state index is 12.3. The summed E-state index contributed by atoms with van der Waals surface area (Å²) >= 11 is 0. The molecule has 0 aliphatic carbocycles. The van der Waals surface area contributed by atoms with Crippen molar-refractivity contribution in [2.75, 3.05) is 32.5 Å². The number of hydrogen-bond donors (Lipinski definition) is 1. The van der Waals surface area contributed by atoms with Gasteiger partial charge in [0, 0.05) is 31.4 Å². The molecular formula is C14H18N6O4S. The van der Waals surface area contributed by atoms with Gasteiger partial charge in [0.25, 0.3) is 5.91 Å². The Hall–Kier alpha value is -2.37. The molecular weight excluding hydrogens is 348 g/mol. The van der Waals surface area contributed by atoms with Gasteiger partial charge in [0.1, 0.15) is 18.5 Å². The quantitative estimate of drug-likeness (QED) is 0.725. The van der Waals surface area contributed by atoms with Crippen LogP contribution in [0.3, 0.4) is 0 Å². The first-order valence-electron chi connectivity index (χ1n) is 7.59. The lowest BCUT2D eigenvalue weighted by molar-refractivity contribution is 0.000438. The van der Waals surface area contributed by atoms with E-state index in [0.29, 0.717) is 24.5 Å². The molecule has 0 bridgehead atoms. The van der Waals surface area contributed by atoms with Crippen molar-refractivity contribution >= 4 is 15.9 Å². The number of hydrogen-bond acceptors (Lipinski definition) is 7. The Morgan fingerprint density at radius 3 is 2.88 bits per heavy atom. The van der Waals surface area contributed by atoms with E-state index in [1.54, 1.807) is 16.7 Å². The Balaban J connectivity index is 1.60. The number of pyridine rings is 1. The molecule has 0 unspecified atom stereocenters. The van der Waals surface area contributed by atoms with Crippen LogP contribution >= 0.6 is 0 Å². The van der Waals surface area contributed by atoms with Crippen LogP contribution in [-0.4, -0.2) is 77.0 Å². The zero-order valence-electron chi connectivity index (χ0n) is 13.6. The van der Waals surface area contributed by atoms with E-state index in [2.05, 4.69) is 20.5 Å². The molecule has 1 fully saturated rings. The summed E-state index contributed by atoms with van der Waals surface area (Å²) in [4.78, 5) is 16.5. The van der Waals surface area contributed by atoms with Crippen LogP contribution in [0.15, 0.2) is 31.0 Å². The number of sulfonamides is 1. The molecule has 0 saturated carbocycles. The van der Waals surface area contributed by atoms with E-state index >= 15 is 0 Å². The zero-order chi connectivity index (χ0) is 17.9. The smallest absolute Gasteiger partial charge is 0.251 e. The molecule has 1 amide bonds. The average molecular weight is 366 g/mol. The topological polar surface area (TPSA) is 119 Å². The Kier molecular flexibility index (Phi) is 5.06. The average Bonchev–Trinajstić information content (AvgIpc) is 3.14. The lowest BCUT2D eigenvalue weighted by Crippen LogP contribution is -2.49. The van der Waals surface area contributed by atoms with Gasteiger partial charge >= 0.3 is 0 Å². The molecule has 25 heavy (non-hydrogen) atoms. The highest BCUT2D eigenvalue weighted by molar-refractivity contribution is 7.88. The summed E-state index contributed by atoms with van der Waals surface area (Å²) in [5.41, 5.74) is 0.425. The van der Waals surface area contributed by atoms with Crippen LogP contribution in [0.5, 0.6) is 0 Å². The van der Waals surface area contributed by atoms with Crippen molar-refractivity contribution in [2.24, 2.45) is 0 Å². The highest BCUT2D eigenvalue weighted by atomic mass is 32.2. The third-order valence-electron chi connectivity index (χ3n) is 3.75. The fourth-order valence-electron chi connectivity index (χ4n) is 2.45. The second-order valence-electron chi connectivity index (χ2n) is 5.60. The van der Waals surface area contributed by atoms with Crippen molar-refractivity contribution in [2.45, 2.75) is 6.10 Å². The summed E-state index contributed by atoms with van der Waals surface area (Å²) in [5, 5.41) is 10.2. The number of carbonyl (C=O) groups excluding carboxylic acids is 1. The Morgan fingerprint density at radius 1 is 1.40 bits per heavy atom. The monoisotopic (exact) mass is 366 g/mol. The van der Waals surface area contributed by atoms with Gasteiger partial charge in [-0.3, -0.25) is 9.36 Å². The molecule has 134 valence electrons. The molecule has 2 aromatic heterocycles. The number of nitrogens with one attached hydrogen (secondary N) is 1. The Bertz CT molecular complexity index is 839. The summed E-state index contributed by atoms with van der Waals surface area (Å²) in [6.07, 6.45) is 5.27. The fraction of sp³-hybridized carbons (Fsp3) is 0.429. The molecule has 1 atom stereocenters. The minimum absolute atomic E-state index is 0.217. The maximum Gasteiger partial charge on any atom is 0.251 e. The van der Waals surface area contributed by atoms with Crippen LogP contribution in [0, 0.1) is 0 Å². The van der Waals surface area contributed by atoms with Crippen LogP contribution in [0.1, 0.15) is 10.4 Å². The van der Waals surface area contributed by atoms with Crippen molar-refractivity contribution in [3.05, 3.63) is 36.5 Å². The second-order valence-corrected chi connectivity index (χ2v) is 7.58. The van der Waals surface area contributed by atoms with E-state index in [-0.39, 0.29) is 25.1 Å². The van der Waals surface area contributed by atoms with E-state index in [1.165, 1.54) is 23.2 Å². The molecule has 1 aliphatic heterocycles. The number of ether oxygens (including phenoxy) is 1.